The molecule has 1 saturated heterocycles. The van der Waals surface area contributed by atoms with Crippen molar-refractivity contribution in [2.75, 3.05) is 13.1 Å². The van der Waals surface area contributed by atoms with Gasteiger partial charge in [-0.05, 0) is 25.7 Å². The number of terminal acetylenes is 1. The van der Waals surface area contributed by atoms with Crippen LogP contribution in [-0.4, -0.2) is 41.1 Å². The number of likely N-dealkylation sites (tertiary alicyclic amines) is 1. The lowest BCUT2D eigenvalue weighted by Crippen LogP contribution is -2.48. The maximum atomic E-state index is 11.8. The highest BCUT2D eigenvalue weighted by Crippen LogP contribution is 2.20. The van der Waals surface area contributed by atoms with Crippen LogP contribution in [-0.2, 0) is 4.79 Å². The van der Waals surface area contributed by atoms with Crippen molar-refractivity contribution in [1.82, 2.24) is 10.2 Å². The number of hydrogen-bond donors (Lipinski definition) is 2. The van der Waals surface area contributed by atoms with Crippen LogP contribution >= 0.6 is 0 Å². The van der Waals surface area contributed by atoms with Crippen LogP contribution in [0.3, 0.4) is 0 Å². The second-order valence-electron chi connectivity index (χ2n) is 4.14. The van der Waals surface area contributed by atoms with Crippen molar-refractivity contribution in [1.29, 1.82) is 0 Å². The average molecular weight is 238 g/mol. The number of carboxylic acids is 1. The smallest absolute Gasteiger partial charge is 0.318 e. The lowest BCUT2D eigenvalue weighted by Gasteiger charge is -2.35. The Morgan fingerprint density at radius 1 is 1.47 bits per heavy atom. The molecule has 5 nitrogen and oxygen atoms in total. The van der Waals surface area contributed by atoms with Gasteiger partial charge < -0.3 is 15.3 Å². The fraction of sp³-hybridized carbons (Fsp3) is 0.667. The van der Waals surface area contributed by atoms with E-state index >= 15 is 0 Å². The maximum absolute atomic E-state index is 11.8. The van der Waals surface area contributed by atoms with Crippen molar-refractivity contribution >= 4 is 12.0 Å². The number of carbonyl (C=O) groups is 2. The molecular weight excluding hydrogens is 220 g/mol. The number of hydrogen-bond acceptors (Lipinski definition) is 2. The van der Waals surface area contributed by atoms with E-state index in [9.17, 15) is 9.59 Å². The average Bonchev–Trinajstić information content (AvgIpc) is 2.33. The van der Waals surface area contributed by atoms with Gasteiger partial charge in [0.15, 0.2) is 0 Å². The van der Waals surface area contributed by atoms with Gasteiger partial charge in [0.1, 0.15) is 0 Å². The number of nitrogens with zero attached hydrogens (tertiary/aromatic N) is 1. The van der Waals surface area contributed by atoms with Crippen LogP contribution in [0.15, 0.2) is 0 Å². The molecular formula is C12H18N2O3. The first-order valence-electron chi connectivity index (χ1n) is 5.85. The minimum absolute atomic E-state index is 0.0256. The standard InChI is InChI=1S/C12H18N2O3/c1-2-8-13-12(17)14-9-4-3-5-10(14)6-7-11(15)16/h1,10H,3-9H2,(H,13,17)(H,15,16). The van der Waals surface area contributed by atoms with Gasteiger partial charge in [-0.3, -0.25) is 4.79 Å². The molecule has 0 radical (unpaired) electrons. The molecule has 94 valence electrons. The molecule has 2 amide bonds. The van der Waals surface area contributed by atoms with E-state index in [1.807, 2.05) is 0 Å². The Balaban J connectivity index is 2.50. The molecule has 1 atom stereocenters. The molecule has 1 rings (SSSR count). The van der Waals surface area contributed by atoms with Crippen LogP contribution in [0, 0.1) is 12.3 Å². The highest BCUT2D eigenvalue weighted by atomic mass is 16.4. The Kier molecular flexibility index (Phi) is 5.34. The second kappa shape index (κ2) is 6.79. The molecule has 1 fully saturated rings. The number of piperidine rings is 1. The van der Waals surface area contributed by atoms with Gasteiger partial charge in [-0.2, -0.15) is 0 Å². The summed E-state index contributed by atoms with van der Waals surface area (Å²) >= 11 is 0. The van der Waals surface area contributed by atoms with Crippen LogP contribution < -0.4 is 5.32 Å². The fourth-order valence-electron chi connectivity index (χ4n) is 2.09. The number of carboxylic acid groups (broad SMARTS) is 1. The maximum Gasteiger partial charge on any atom is 0.318 e. The molecule has 1 aliphatic heterocycles. The zero-order valence-electron chi connectivity index (χ0n) is 9.82. The first-order chi connectivity index (χ1) is 8.15. The largest absolute Gasteiger partial charge is 0.481 e. The highest BCUT2D eigenvalue weighted by molar-refractivity contribution is 5.75. The predicted molar refractivity (Wildman–Crippen MR) is 63.4 cm³/mol. The number of amides is 2. The first-order valence-corrected chi connectivity index (χ1v) is 5.85. The number of carbonyl (C=O) groups excluding carboxylic acids is 1. The van der Waals surface area contributed by atoms with E-state index in [1.165, 1.54) is 0 Å². The molecule has 0 spiro atoms. The topological polar surface area (TPSA) is 69.6 Å². The zero-order chi connectivity index (χ0) is 12.7. The van der Waals surface area contributed by atoms with E-state index in [1.54, 1.807) is 4.90 Å². The number of aliphatic carboxylic acids is 1. The van der Waals surface area contributed by atoms with E-state index in [0.717, 1.165) is 19.3 Å². The van der Waals surface area contributed by atoms with Crippen LogP contribution in [0.25, 0.3) is 0 Å². The van der Waals surface area contributed by atoms with Gasteiger partial charge in [-0.1, -0.05) is 5.92 Å². The molecule has 0 aliphatic carbocycles. The molecule has 1 aliphatic rings. The van der Waals surface area contributed by atoms with Crippen molar-refractivity contribution in [2.45, 2.75) is 38.1 Å². The van der Waals surface area contributed by atoms with E-state index in [4.69, 9.17) is 11.5 Å². The summed E-state index contributed by atoms with van der Waals surface area (Å²) in [6.07, 6.45) is 8.57. The first kappa shape index (κ1) is 13.4. The van der Waals surface area contributed by atoms with Crippen molar-refractivity contribution in [3.8, 4) is 12.3 Å². The molecule has 1 heterocycles. The summed E-state index contributed by atoms with van der Waals surface area (Å²) in [6, 6.07) is -0.157. The van der Waals surface area contributed by atoms with Gasteiger partial charge in [0.25, 0.3) is 0 Å². The molecule has 0 bridgehead atoms. The van der Waals surface area contributed by atoms with Gasteiger partial charge >= 0.3 is 12.0 Å². The van der Waals surface area contributed by atoms with Crippen molar-refractivity contribution < 1.29 is 14.7 Å². The van der Waals surface area contributed by atoms with Crippen molar-refractivity contribution in [3.05, 3.63) is 0 Å². The van der Waals surface area contributed by atoms with E-state index in [2.05, 4.69) is 11.2 Å². The van der Waals surface area contributed by atoms with Crippen molar-refractivity contribution in [2.24, 2.45) is 0 Å². The number of rotatable bonds is 4. The summed E-state index contributed by atoms with van der Waals surface area (Å²) in [5, 5.41) is 11.3. The highest BCUT2D eigenvalue weighted by Gasteiger charge is 2.26. The van der Waals surface area contributed by atoms with Gasteiger partial charge in [0.2, 0.25) is 0 Å². The van der Waals surface area contributed by atoms with E-state index in [-0.39, 0.29) is 25.0 Å². The summed E-state index contributed by atoms with van der Waals surface area (Å²) in [5.74, 6) is 1.53. The number of urea groups is 1. The fourth-order valence-corrected chi connectivity index (χ4v) is 2.09. The molecule has 0 aromatic carbocycles. The van der Waals surface area contributed by atoms with Gasteiger partial charge in [-0.15, -0.1) is 6.42 Å². The van der Waals surface area contributed by atoms with Crippen LogP contribution in [0.1, 0.15) is 32.1 Å². The molecule has 2 N–H and O–H groups in total. The summed E-state index contributed by atoms with van der Waals surface area (Å²) in [7, 11) is 0. The Hall–Kier alpha value is -1.70. The van der Waals surface area contributed by atoms with Gasteiger partial charge in [0.05, 0.1) is 6.54 Å². The van der Waals surface area contributed by atoms with E-state index < -0.39 is 5.97 Å². The molecule has 0 saturated carbocycles. The summed E-state index contributed by atoms with van der Waals surface area (Å²) in [6.45, 7) is 0.891. The molecule has 0 aromatic heterocycles. The molecule has 0 aromatic rings. The van der Waals surface area contributed by atoms with E-state index in [0.29, 0.717) is 13.0 Å². The van der Waals surface area contributed by atoms with Crippen LogP contribution in [0.2, 0.25) is 0 Å². The van der Waals surface area contributed by atoms with Crippen LogP contribution in [0.5, 0.6) is 0 Å². The SMILES string of the molecule is C#CCNC(=O)N1CCCCC1CCC(=O)O. The molecule has 5 heteroatoms. The third-order valence-electron chi connectivity index (χ3n) is 2.92. The third-order valence-corrected chi connectivity index (χ3v) is 2.92. The Morgan fingerprint density at radius 2 is 2.24 bits per heavy atom. The third kappa shape index (κ3) is 4.35. The summed E-state index contributed by atoms with van der Waals surface area (Å²) in [5.41, 5.74) is 0. The quantitative estimate of drug-likeness (QED) is 0.719. The van der Waals surface area contributed by atoms with Crippen LogP contribution in [0.4, 0.5) is 4.79 Å². The number of nitrogens with one attached hydrogen (secondary N) is 1. The summed E-state index contributed by atoms with van der Waals surface area (Å²) < 4.78 is 0. The Morgan fingerprint density at radius 3 is 2.88 bits per heavy atom. The zero-order valence-corrected chi connectivity index (χ0v) is 9.82. The monoisotopic (exact) mass is 238 g/mol. The predicted octanol–water partition coefficient (Wildman–Crippen LogP) is 1.05. The lowest BCUT2D eigenvalue weighted by molar-refractivity contribution is -0.137. The molecule has 17 heavy (non-hydrogen) atoms. The normalized spacial score (nSPS) is 19.5. The Labute approximate surface area is 101 Å². The minimum Gasteiger partial charge on any atom is -0.481 e. The minimum atomic E-state index is -0.820. The summed E-state index contributed by atoms with van der Waals surface area (Å²) in [4.78, 5) is 24.0. The lowest BCUT2D eigenvalue weighted by atomic mass is 9.98. The van der Waals surface area contributed by atoms with Gasteiger partial charge in [-0.25, -0.2) is 4.79 Å². The van der Waals surface area contributed by atoms with Gasteiger partial charge in [0, 0.05) is 19.0 Å². The van der Waals surface area contributed by atoms with Crippen molar-refractivity contribution in [3.63, 3.8) is 0 Å². The second-order valence-corrected chi connectivity index (χ2v) is 4.14. The Bertz CT molecular complexity index is 322. The molecule has 1 unspecified atom stereocenters.